The van der Waals surface area contributed by atoms with Gasteiger partial charge >= 0.3 is 5.97 Å². The van der Waals surface area contributed by atoms with Crippen LogP contribution in [0.4, 0.5) is 5.13 Å². The Balaban J connectivity index is 1.55. The standard InChI is InChI=1S/C20H14N2O3S/c23-18(7-8-19(24)25)22-20-21-17(11-26-20)13-5-6-16-14(10-13)9-12-3-1-2-4-15(12)16/h1-8,10-11H,9H2,(H,24,25)(H,21,22,23)/b8-7+. The number of benzene rings is 2. The van der Waals surface area contributed by atoms with E-state index in [4.69, 9.17) is 5.11 Å². The van der Waals surface area contributed by atoms with Gasteiger partial charge in [-0.25, -0.2) is 9.78 Å². The summed E-state index contributed by atoms with van der Waals surface area (Å²) in [6.07, 6.45) is 2.67. The Morgan fingerprint density at radius 2 is 1.88 bits per heavy atom. The third-order valence-corrected chi connectivity index (χ3v) is 4.96. The number of hydrogen-bond acceptors (Lipinski definition) is 4. The normalized spacial score (nSPS) is 12.0. The van der Waals surface area contributed by atoms with Crippen LogP contribution in [0.15, 0.2) is 60.0 Å². The lowest BCUT2D eigenvalue weighted by atomic mass is 10.0. The van der Waals surface area contributed by atoms with E-state index in [1.54, 1.807) is 0 Å². The molecule has 0 aliphatic heterocycles. The summed E-state index contributed by atoms with van der Waals surface area (Å²) < 4.78 is 0. The summed E-state index contributed by atoms with van der Waals surface area (Å²) in [5, 5.41) is 13.4. The highest BCUT2D eigenvalue weighted by molar-refractivity contribution is 7.14. The van der Waals surface area contributed by atoms with Gasteiger partial charge in [0, 0.05) is 23.1 Å². The Morgan fingerprint density at radius 3 is 2.73 bits per heavy atom. The summed E-state index contributed by atoms with van der Waals surface area (Å²) in [7, 11) is 0. The first-order chi connectivity index (χ1) is 12.6. The molecule has 1 aliphatic carbocycles. The molecule has 1 aliphatic rings. The fourth-order valence-electron chi connectivity index (χ4n) is 3.06. The van der Waals surface area contributed by atoms with Crippen LogP contribution in [-0.4, -0.2) is 22.0 Å². The molecule has 2 aromatic carbocycles. The Hall–Kier alpha value is -3.25. The predicted molar refractivity (Wildman–Crippen MR) is 101 cm³/mol. The van der Waals surface area contributed by atoms with Crippen molar-refractivity contribution in [2.45, 2.75) is 6.42 Å². The number of carbonyl (C=O) groups excluding carboxylic acids is 1. The van der Waals surface area contributed by atoms with Crippen molar-refractivity contribution in [3.05, 3.63) is 71.1 Å². The molecule has 0 bridgehead atoms. The number of carboxylic acid groups (broad SMARTS) is 1. The number of aliphatic carboxylic acids is 1. The number of carboxylic acids is 1. The zero-order valence-corrected chi connectivity index (χ0v) is 14.4. The molecule has 0 atom stereocenters. The van der Waals surface area contributed by atoms with Gasteiger partial charge in [0.2, 0.25) is 5.91 Å². The maximum atomic E-state index is 11.6. The van der Waals surface area contributed by atoms with E-state index < -0.39 is 11.9 Å². The zero-order chi connectivity index (χ0) is 18.1. The Morgan fingerprint density at radius 1 is 1.08 bits per heavy atom. The van der Waals surface area contributed by atoms with Crippen LogP contribution in [0.2, 0.25) is 0 Å². The minimum atomic E-state index is -1.17. The number of rotatable bonds is 4. The minimum Gasteiger partial charge on any atom is -0.478 e. The number of nitrogens with zero attached hydrogens (tertiary/aromatic N) is 1. The monoisotopic (exact) mass is 362 g/mol. The largest absolute Gasteiger partial charge is 0.478 e. The zero-order valence-electron chi connectivity index (χ0n) is 13.6. The lowest BCUT2D eigenvalue weighted by Crippen LogP contribution is -2.08. The maximum absolute atomic E-state index is 11.6. The first kappa shape index (κ1) is 16.2. The van der Waals surface area contributed by atoms with Gasteiger partial charge in [0.1, 0.15) is 0 Å². The average molecular weight is 362 g/mol. The minimum absolute atomic E-state index is 0.434. The van der Waals surface area contributed by atoms with E-state index in [0.29, 0.717) is 5.13 Å². The lowest BCUT2D eigenvalue weighted by molar-refractivity contribution is -0.131. The van der Waals surface area contributed by atoms with Crippen molar-refractivity contribution in [2.24, 2.45) is 0 Å². The van der Waals surface area contributed by atoms with Gasteiger partial charge in [-0.05, 0) is 34.7 Å². The molecule has 0 unspecified atom stereocenters. The van der Waals surface area contributed by atoms with E-state index in [9.17, 15) is 9.59 Å². The molecule has 2 N–H and O–H groups in total. The third-order valence-electron chi connectivity index (χ3n) is 4.20. The van der Waals surface area contributed by atoms with E-state index in [1.807, 2.05) is 11.4 Å². The van der Waals surface area contributed by atoms with Gasteiger partial charge in [0.15, 0.2) is 5.13 Å². The molecular formula is C20H14N2O3S. The number of hydrogen-bond donors (Lipinski definition) is 2. The van der Waals surface area contributed by atoms with Gasteiger partial charge in [-0.2, -0.15) is 0 Å². The van der Waals surface area contributed by atoms with E-state index in [2.05, 4.69) is 46.7 Å². The Labute approximate surface area is 153 Å². The number of carbonyl (C=O) groups is 2. The van der Waals surface area contributed by atoms with Crippen LogP contribution in [0.5, 0.6) is 0 Å². The first-order valence-corrected chi connectivity index (χ1v) is 8.87. The fourth-order valence-corrected chi connectivity index (χ4v) is 3.78. The van der Waals surface area contributed by atoms with Crippen molar-refractivity contribution < 1.29 is 14.7 Å². The van der Waals surface area contributed by atoms with E-state index in [-0.39, 0.29) is 0 Å². The van der Waals surface area contributed by atoms with E-state index in [1.165, 1.54) is 33.6 Å². The molecule has 0 saturated carbocycles. The first-order valence-electron chi connectivity index (χ1n) is 7.99. The van der Waals surface area contributed by atoms with Gasteiger partial charge < -0.3 is 5.11 Å². The smallest absolute Gasteiger partial charge is 0.328 e. The highest BCUT2D eigenvalue weighted by Crippen LogP contribution is 2.38. The summed E-state index contributed by atoms with van der Waals surface area (Å²) in [5.41, 5.74) is 6.92. The molecule has 1 heterocycles. The number of anilines is 1. The number of amides is 1. The molecule has 0 spiro atoms. The van der Waals surface area contributed by atoms with Crippen molar-refractivity contribution in [2.75, 3.05) is 5.32 Å². The quantitative estimate of drug-likeness (QED) is 0.539. The highest BCUT2D eigenvalue weighted by Gasteiger charge is 2.18. The average Bonchev–Trinajstić information content (AvgIpc) is 3.23. The second kappa shape index (κ2) is 6.57. The van der Waals surface area contributed by atoms with Crippen molar-refractivity contribution in [3.63, 3.8) is 0 Å². The van der Waals surface area contributed by atoms with Gasteiger partial charge in [-0.3, -0.25) is 10.1 Å². The van der Waals surface area contributed by atoms with Gasteiger partial charge in [0.25, 0.3) is 0 Å². The van der Waals surface area contributed by atoms with Crippen LogP contribution < -0.4 is 5.32 Å². The van der Waals surface area contributed by atoms with Gasteiger partial charge in [-0.1, -0.05) is 36.4 Å². The molecular weight excluding hydrogens is 348 g/mol. The lowest BCUT2D eigenvalue weighted by Gasteiger charge is -2.03. The number of aromatic nitrogens is 1. The number of thiazole rings is 1. The molecule has 0 radical (unpaired) electrons. The topological polar surface area (TPSA) is 79.3 Å². The molecule has 0 saturated heterocycles. The second-order valence-corrected chi connectivity index (χ2v) is 6.76. The number of fused-ring (bicyclic) bond motifs is 3. The van der Waals surface area contributed by atoms with Gasteiger partial charge in [-0.15, -0.1) is 11.3 Å². The predicted octanol–water partition coefficient (Wildman–Crippen LogP) is 3.96. The third kappa shape index (κ3) is 3.14. The van der Waals surface area contributed by atoms with E-state index >= 15 is 0 Å². The summed E-state index contributed by atoms with van der Waals surface area (Å²) in [6, 6.07) is 14.7. The molecule has 3 aromatic rings. The molecule has 128 valence electrons. The second-order valence-electron chi connectivity index (χ2n) is 5.90. The van der Waals surface area contributed by atoms with Crippen molar-refractivity contribution in [1.29, 1.82) is 0 Å². The molecule has 1 aromatic heterocycles. The van der Waals surface area contributed by atoms with Crippen LogP contribution >= 0.6 is 11.3 Å². The fraction of sp³-hybridized carbons (Fsp3) is 0.0500. The summed E-state index contributed by atoms with van der Waals surface area (Å²) in [5.74, 6) is -1.68. The SMILES string of the molecule is O=C(O)/C=C/C(=O)Nc1nc(-c2ccc3c(c2)Cc2ccccc2-3)cs1. The van der Waals surface area contributed by atoms with E-state index in [0.717, 1.165) is 29.8 Å². The van der Waals surface area contributed by atoms with Crippen LogP contribution in [-0.2, 0) is 16.0 Å². The van der Waals surface area contributed by atoms with Gasteiger partial charge in [0.05, 0.1) is 5.69 Å². The summed E-state index contributed by atoms with van der Waals surface area (Å²) in [6.45, 7) is 0. The number of nitrogens with one attached hydrogen (secondary N) is 1. The van der Waals surface area contributed by atoms with Crippen LogP contribution in [0, 0.1) is 0 Å². The molecule has 26 heavy (non-hydrogen) atoms. The van der Waals surface area contributed by atoms with Crippen molar-refractivity contribution in [1.82, 2.24) is 4.98 Å². The summed E-state index contributed by atoms with van der Waals surface area (Å²) in [4.78, 5) is 26.5. The Bertz CT molecular complexity index is 1050. The molecule has 5 nitrogen and oxygen atoms in total. The van der Waals surface area contributed by atoms with Crippen molar-refractivity contribution >= 4 is 28.3 Å². The molecule has 0 fully saturated rings. The highest BCUT2D eigenvalue weighted by atomic mass is 32.1. The van der Waals surface area contributed by atoms with Crippen LogP contribution in [0.1, 0.15) is 11.1 Å². The van der Waals surface area contributed by atoms with Crippen LogP contribution in [0.25, 0.3) is 22.4 Å². The van der Waals surface area contributed by atoms with Crippen molar-refractivity contribution in [3.8, 4) is 22.4 Å². The molecule has 1 amide bonds. The molecule has 4 rings (SSSR count). The summed E-state index contributed by atoms with van der Waals surface area (Å²) >= 11 is 1.30. The van der Waals surface area contributed by atoms with Crippen LogP contribution in [0.3, 0.4) is 0 Å². The Kier molecular flexibility index (Phi) is 4.10. The maximum Gasteiger partial charge on any atom is 0.328 e. The molecule has 6 heteroatoms.